The lowest BCUT2D eigenvalue weighted by atomic mass is 9.75. The summed E-state index contributed by atoms with van der Waals surface area (Å²) in [7, 11) is 0. The molecule has 0 unspecified atom stereocenters. The van der Waals surface area contributed by atoms with Crippen LogP contribution < -0.4 is 0 Å². The minimum atomic E-state index is -2.70. The summed E-state index contributed by atoms with van der Waals surface area (Å²) in [4.78, 5) is 21.8. The molecular weight excluding hydrogens is 388 g/mol. The number of rotatable bonds is 6. The molecule has 2 rings (SSSR count). The molecule has 1 radical (unpaired) electrons. The summed E-state index contributed by atoms with van der Waals surface area (Å²) in [5, 5.41) is 79.1. The lowest BCUT2D eigenvalue weighted by molar-refractivity contribution is -0.323. The highest BCUT2D eigenvalue weighted by Gasteiger charge is 2.62. The molecule has 13 heteroatoms. The lowest BCUT2D eigenvalue weighted by Crippen LogP contribution is -2.75. The van der Waals surface area contributed by atoms with E-state index in [0.29, 0.717) is 6.61 Å². The molecule has 0 spiro atoms. The fourth-order valence-corrected chi connectivity index (χ4v) is 3.13. The Labute approximate surface area is 158 Å². The molecular formula is C15H23O13. The van der Waals surface area contributed by atoms with Gasteiger partial charge in [0.25, 0.3) is 0 Å². The van der Waals surface area contributed by atoms with Crippen molar-refractivity contribution in [3.05, 3.63) is 6.61 Å². The first-order valence-electron chi connectivity index (χ1n) is 8.29. The third kappa shape index (κ3) is 4.27. The molecule has 0 saturated carbocycles. The fourth-order valence-electron chi connectivity index (χ4n) is 3.13. The van der Waals surface area contributed by atoms with E-state index in [1.807, 2.05) is 0 Å². The maximum absolute atomic E-state index is 11.3. The number of hydrogen-bond acceptors (Lipinski definition) is 12. The zero-order valence-corrected chi connectivity index (χ0v) is 14.4. The van der Waals surface area contributed by atoms with Gasteiger partial charge in [-0.2, -0.15) is 0 Å². The van der Waals surface area contributed by atoms with Crippen LogP contribution in [0.25, 0.3) is 0 Å². The normalized spacial score (nSPS) is 44.1. The minimum absolute atomic E-state index is 0.671. The van der Waals surface area contributed by atoms with Crippen LogP contribution in [-0.2, 0) is 23.8 Å². The predicted molar refractivity (Wildman–Crippen MR) is 83.1 cm³/mol. The lowest BCUT2D eigenvalue weighted by Gasteiger charge is -2.52. The summed E-state index contributed by atoms with van der Waals surface area (Å²) in [6.07, 6.45) is -15.3. The predicted octanol–water partition coefficient (Wildman–Crippen LogP) is -5.14. The first-order valence-corrected chi connectivity index (χ1v) is 8.29. The van der Waals surface area contributed by atoms with Crippen molar-refractivity contribution < 1.29 is 64.7 Å². The van der Waals surface area contributed by atoms with Gasteiger partial charge in [-0.25, -0.2) is 0 Å². The average Bonchev–Trinajstić information content (AvgIpc) is 2.63. The summed E-state index contributed by atoms with van der Waals surface area (Å²) in [5.41, 5.74) is -2.70. The van der Waals surface area contributed by atoms with E-state index in [9.17, 15) is 45.3 Å². The van der Waals surface area contributed by atoms with E-state index in [1.54, 1.807) is 0 Å². The van der Waals surface area contributed by atoms with E-state index in [-0.39, 0.29) is 0 Å². The SMILES string of the molecule is O=C(O)CC(=O)OC[C@H]1O[CH][C@H](O)[C@](O)([C@@H]2O[C@H](CO)[C@@H](O)[C@H](O)[C@H]2O)[C@@H]1O. The van der Waals surface area contributed by atoms with E-state index < -0.39 is 86.0 Å². The molecule has 2 saturated heterocycles. The number of carboxylic acid groups (broad SMARTS) is 1. The number of carbonyl (C=O) groups is 2. The molecule has 0 aromatic heterocycles. The van der Waals surface area contributed by atoms with Gasteiger partial charge in [0.1, 0.15) is 68.5 Å². The fraction of sp³-hybridized carbons (Fsp3) is 0.800. The van der Waals surface area contributed by atoms with Gasteiger partial charge in [0.2, 0.25) is 0 Å². The van der Waals surface area contributed by atoms with Crippen LogP contribution in [-0.4, -0.2) is 120 Å². The van der Waals surface area contributed by atoms with Crippen LogP contribution in [0.1, 0.15) is 6.42 Å². The van der Waals surface area contributed by atoms with Crippen molar-refractivity contribution in [2.24, 2.45) is 0 Å². The molecule has 0 aromatic rings. The Hall–Kier alpha value is -1.42. The summed E-state index contributed by atoms with van der Waals surface area (Å²) in [6.45, 7) is -0.847. The van der Waals surface area contributed by atoms with Gasteiger partial charge in [0.15, 0.2) is 5.60 Å². The number of aliphatic hydroxyl groups is 7. The maximum Gasteiger partial charge on any atom is 0.317 e. The van der Waals surface area contributed by atoms with E-state index in [1.165, 1.54) is 0 Å². The minimum Gasteiger partial charge on any atom is -0.481 e. The summed E-state index contributed by atoms with van der Waals surface area (Å²) in [5.74, 6) is -2.60. The third-order valence-corrected chi connectivity index (χ3v) is 4.73. The van der Waals surface area contributed by atoms with Crippen molar-refractivity contribution in [1.29, 1.82) is 0 Å². The quantitative estimate of drug-likeness (QED) is 0.151. The Kier molecular flexibility index (Phi) is 7.30. The molecule has 28 heavy (non-hydrogen) atoms. The van der Waals surface area contributed by atoms with Gasteiger partial charge in [-0.15, -0.1) is 0 Å². The molecule has 8 N–H and O–H groups in total. The van der Waals surface area contributed by atoms with Gasteiger partial charge in [-0.05, 0) is 0 Å². The van der Waals surface area contributed by atoms with Crippen molar-refractivity contribution >= 4 is 11.9 Å². The molecule has 2 aliphatic rings. The van der Waals surface area contributed by atoms with Crippen molar-refractivity contribution in [3.8, 4) is 0 Å². The Bertz CT molecular complexity index is 568. The maximum atomic E-state index is 11.3. The van der Waals surface area contributed by atoms with Crippen LogP contribution in [0.2, 0.25) is 0 Å². The van der Waals surface area contributed by atoms with Crippen molar-refractivity contribution in [2.75, 3.05) is 13.2 Å². The van der Waals surface area contributed by atoms with E-state index >= 15 is 0 Å². The van der Waals surface area contributed by atoms with E-state index in [0.717, 1.165) is 0 Å². The van der Waals surface area contributed by atoms with Crippen LogP contribution in [0.15, 0.2) is 0 Å². The standard InChI is InChI=1S/C15H23O13/c16-2-5-10(21)11(22)12(23)14(28-5)15(25)7(17)4-26-6(13(15)24)3-27-9(20)1-8(18)19/h4-7,10-14,16-17,21-25H,1-3H2,(H,18,19)/t5-,6-,7+,10-,11+,12-,13-,14-,15-/m1/s1. The third-order valence-electron chi connectivity index (χ3n) is 4.73. The molecule has 0 aliphatic carbocycles. The number of carboxylic acids is 1. The molecule has 13 nitrogen and oxygen atoms in total. The zero-order chi connectivity index (χ0) is 21.2. The monoisotopic (exact) mass is 411 g/mol. The van der Waals surface area contributed by atoms with Crippen molar-refractivity contribution in [2.45, 2.75) is 60.9 Å². The summed E-state index contributed by atoms with van der Waals surface area (Å²) >= 11 is 0. The molecule has 2 aliphatic heterocycles. The number of ether oxygens (including phenoxy) is 3. The van der Waals surface area contributed by atoms with E-state index in [4.69, 9.17) is 14.6 Å². The smallest absolute Gasteiger partial charge is 0.317 e. The Morgan fingerprint density at radius 1 is 1.04 bits per heavy atom. The first-order chi connectivity index (χ1) is 13.0. The highest BCUT2D eigenvalue weighted by atomic mass is 16.6. The highest BCUT2D eigenvalue weighted by molar-refractivity contribution is 5.90. The Morgan fingerprint density at radius 2 is 1.68 bits per heavy atom. The Morgan fingerprint density at radius 3 is 2.25 bits per heavy atom. The van der Waals surface area contributed by atoms with Crippen molar-refractivity contribution in [1.82, 2.24) is 0 Å². The van der Waals surface area contributed by atoms with Gasteiger partial charge in [-0.1, -0.05) is 0 Å². The summed E-state index contributed by atoms with van der Waals surface area (Å²) in [6, 6.07) is 0. The number of hydrogen-bond donors (Lipinski definition) is 8. The van der Waals surface area contributed by atoms with Gasteiger partial charge in [-0.3, -0.25) is 9.59 Å². The highest BCUT2D eigenvalue weighted by Crippen LogP contribution is 2.38. The van der Waals surface area contributed by atoms with Gasteiger partial charge in [0, 0.05) is 0 Å². The number of aliphatic hydroxyl groups excluding tert-OH is 6. The largest absolute Gasteiger partial charge is 0.481 e. The molecule has 0 aromatic carbocycles. The van der Waals surface area contributed by atoms with E-state index in [2.05, 4.69) is 4.74 Å². The van der Waals surface area contributed by atoms with Crippen LogP contribution in [0, 0.1) is 6.61 Å². The zero-order valence-electron chi connectivity index (χ0n) is 14.4. The van der Waals surface area contributed by atoms with Gasteiger partial charge < -0.3 is 55.1 Å². The number of aliphatic carboxylic acids is 1. The molecule has 0 amide bonds. The van der Waals surface area contributed by atoms with Crippen molar-refractivity contribution in [3.63, 3.8) is 0 Å². The second-order valence-corrected chi connectivity index (χ2v) is 6.59. The molecule has 161 valence electrons. The molecule has 2 fully saturated rings. The summed E-state index contributed by atoms with van der Waals surface area (Å²) < 4.78 is 14.8. The average molecular weight is 411 g/mol. The number of esters is 1. The molecule has 9 atom stereocenters. The second kappa shape index (κ2) is 8.94. The number of carbonyl (C=O) groups excluding carboxylic acids is 1. The Balaban J connectivity index is 2.18. The van der Waals surface area contributed by atoms with Gasteiger partial charge in [0.05, 0.1) is 6.61 Å². The second-order valence-electron chi connectivity index (χ2n) is 6.59. The van der Waals surface area contributed by atoms with Crippen LogP contribution in [0.4, 0.5) is 0 Å². The van der Waals surface area contributed by atoms with Gasteiger partial charge >= 0.3 is 11.9 Å². The topological polar surface area (TPSA) is 224 Å². The molecule has 2 heterocycles. The molecule has 0 bridgehead atoms. The first kappa shape index (κ1) is 22.9. The van der Waals surface area contributed by atoms with Crippen LogP contribution >= 0.6 is 0 Å². The van der Waals surface area contributed by atoms with Crippen LogP contribution in [0.5, 0.6) is 0 Å². The van der Waals surface area contributed by atoms with Crippen LogP contribution in [0.3, 0.4) is 0 Å².